The van der Waals surface area contributed by atoms with Crippen molar-refractivity contribution in [3.8, 4) is 5.69 Å². The summed E-state index contributed by atoms with van der Waals surface area (Å²) in [6.45, 7) is 1.82. The van der Waals surface area contributed by atoms with Gasteiger partial charge in [0.1, 0.15) is 5.69 Å². The Morgan fingerprint density at radius 1 is 1.23 bits per heavy atom. The molecule has 2 aromatic heterocycles. The molecule has 136 valence electrons. The van der Waals surface area contributed by atoms with Gasteiger partial charge in [0.05, 0.1) is 11.4 Å². The predicted molar refractivity (Wildman–Crippen MR) is 103 cm³/mol. The maximum atomic E-state index is 12.8. The van der Waals surface area contributed by atoms with Crippen molar-refractivity contribution in [1.82, 2.24) is 18.9 Å². The van der Waals surface area contributed by atoms with E-state index in [-0.39, 0.29) is 11.5 Å². The lowest BCUT2D eigenvalue weighted by atomic mass is 10.3. The van der Waals surface area contributed by atoms with Crippen molar-refractivity contribution in [2.45, 2.75) is 18.5 Å². The fourth-order valence-electron chi connectivity index (χ4n) is 2.64. The van der Waals surface area contributed by atoms with Crippen LogP contribution in [0.15, 0.2) is 52.7 Å². The van der Waals surface area contributed by atoms with Gasteiger partial charge < -0.3 is 9.88 Å². The van der Waals surface area contributed by atoms with E-state index in [1.807, 2.05) is 55.1 Å². The van der Waals surface area contributed by atoms with E-state index in [1.54, 1.807) is 22.6 Å². The van der Waals surface area contributed by atoms with Crippen LogP contribution in [0.5, 0.6) is 0 Å². The minimum atomic E-state index is -0.235. The molecule has 1 N–H and O–H groups in total. The topological polar surface area (TPSA) is 73.8 Å². The van der Waals surface area contributed by atoms with Gasteiger partial charge in [-0.15, -0.1) is 0 Å². The van der Waals surface area contributed by atoms with Gasteiger partial charge in [0.2, 0.25) is 5.91 Å². The number of anilines is 1. The number of hydrogen-bond acceptors (Lipinski definition) is 4. The second-order valence-corrected chi connectivity index (χ2v) is 6.97. The van der Waals surface area contributed by atoms with Crippen molar-refractivity contribution in [2.75, 3.05) is 11.1 Å². The molecule has 0 aliphatic carbocycles. The van der Waals surface area contributed by atoms with Crippen LogP contribution in [0.1, 0.15) is 12.1 Å². The van der Waals surface area contributed by atoms with Gasteiger partial charge in [-0.05, 0) is 19.1 Å². The number of amides is 1. The van der Waals surface area contributed by atoms with Crippen molar-refractivity contribution in [3.05, 3.63) is 58.8 Å². The lowest BCUT2D eigenvalue weighted by Crippen LogP contribution is -2.23. The molecule has 26 heavy (non-hydrogen) atoms. The minimum absolute atomic E-state index is 0.183. The highest BCUT2D eigenvalue weighted by Crippen LogP contribution is 2.17. The summed E-state index contributed by atoms with van der Waals surface area (Å²) in [6, 6.07) is 9.35. The highest BCUT2D eigenvalue weighted by molar-refractivity contribution is 7.99. The van der Waals surface area contributed by atoms with Crippen LogP contribution in [-0.4, -0.2) is 30.6 Å². The van der Waals surface area contributed by atoms with Crippen LogP contribution in [0.2, 0.25) is 0 Å². The number of imidazole rings is 1. The molecule has 0 fully saturated rings. The summed E-state index contributed by atoms with van der Waals surface area (Å²) in [5.41, 5.74) is 1.56. The normalized spacial score (nSPS) is 10.9. The van der Waals surface area contributed by atoms with Gasteiger partial charge in [0.15, 0.2) is 5.16 Å². The fraction of sp³-hybridized carbons (Fsp3) is 0.278. The van der Waals surface area contributed by atoms with Gasteiger partial charge in [0.25, 0.3) is 5.56 Å². The summed E-state index contributed by atoms with van der Waals surface area (Å²) < 4.78 is 5.20. The smallest absolute Gasteiger partial charge is 0.295 e. The summed E-state index contributed by atoms with van der Waals surface area (Å²) in [5.74, 6) is 0.410. The summed E-state index contributed by atoms with van der Waals surface area (Å²) in [6.07, 6.45) is 3.89. The molecule has 3 aromatic rings. The summed E-state index contributed by atoms with van der Waals surface area (Å²) >= 11 is 1.51. The first-order valence-corrected chi connectivity index (χ1v) is 9.21. The molecule has 3 rings (SSSR count). The highest BCUT2D eigenvalue weighted by Gasteiger charge is 2.18. The second kappa shape index (κ2) is 7.65. The zero-order valence-corrected chi connectivity index (χ0v) is 15.8. The molecular formula is C18H21N5O2S. The maximum absolute atomic E-state index is 12.8. The Labute approximate surface area is 155 Å². The molecule has 0 spiro atoms. The molecule has 2 heterocycles. The lowest BCUT2D eigenvalue weighted by molar-refractivity contribution is -0.115. The van der Waals surface area contributed by atoms with E-state index in [0.29, 0.717) is 23.6 Å². The van der Waals surface area contributed by atoms with E-state index in [9.17, 15) is 9.59 Å². The molecule has 0 radical (unpaired) electrons. The number of aryl methyl sites for hydroxylation is 1. The Kier molecular flexibility index (Phi) is 5.32. The molecule has 7 nitrogen and oxygen atoms in total. The third-order valence-corrected chi connectivity index (χ3v) is 5.22. The number of nitrogens with zero attached hydrogens (tertiary/aromatic N) is 4. The number of nitrogens with one attached hydrogen (secondary N) is 1. The molecule has 0 unspecified atom stereocenters. The molecule has 0 aliphatic heterocycles. The average molecular weight is 371 g/mol. The molecular weight excluding hydrogens is 350 g/mol. The fourth-order valence-corrected chi connectivity index (χ4v) is 3.51. The van der Waals surface area contributed by atoms with Gasteiger partial charge in [-0.2, -0.15) is 0 Å². The number of rotatable bonds is 6. The first-order valence-electron chi connectivity index (χ1n) is 8.23. The van der Waals surface area contributed by atoms with Gasteiger partial charge >= 0.3 is 0 Å². The number of carbonyl (C=O) groups excluding carboxylic acids is 1. The molecule has 1 amide bonds. The van der Waals surface area contributed by atoms with E-state index < -0.39 is 0 Å². The van der Waals surface area contributed by atoms with E-state index >= 15 is 0 Å². The van der Waals surface area contributed by atoms with Crippen molar-refractivity contribution in [3.63, 3.8) is 0 Å². The highest BCUT2D eigenvalue weighted by atomic mass is 32.2. The van der Waals surface area contributed by atoms with E-state index in [4.69, 9.17) is 0 Å². The maximum Gasteiger partial charge on any atom is 0.295 e. The Bertz CT molecular complexity index is 971. The molecule has 0 saturated carbocycles. The summed E-state index contributed by atoms with van der Waals surface area (Å²) in [4.78, 5) is 29.2. The van der Waals surface area contributed by atoms with Crippen LogP contribution in [0, 0.1) is 6.92 Å². The number of thioether (sulfide) groups is 1. The minimum Gasteiger partial charge on any atom is -0.329 e. The Balaban J connectivity index is 1.71. The molecule has 8 heteroatoms. The molecule has 0 aliphatic rings. The number of aromatic nitrogens is 4. The lowest BCUT2D eigenvalue weighted by Gasteiger charge is -2.07. The largest absolute Gasteiger partial charge is 0.329 e. The zero-order chi connectivity index (χ0) is 18.7. The molecule has 0 saturated heterocycles. The standard InChI is InChI=1S/C18H21N5O2S/c1-13-16(17(25)23(22(13)3)14-7-5-4-6-8-14)20-15(24)9-12-26-18-19-10-11-21(18)2/h4-8,10-11H,9,12H2,1-3H3,(H,20,24). The van der Waals surface area contributed by atoms with Crippen LogP contribution in [0.4, 0.5) is 5.69 Å². The van der Waals surface area contributed by atoms with Gasteiger partial charge in [0, 0.05) is 38.7 Å². The van der Waals surface area contributed by atoms with Crippen molar-refractivity contribution < 1.29 is 4.79 Å². The monoisotopic (exact) mass is 371 g/mol. The third-order valence-electron chi connectivity index (χ3n) is 4.16. The van der Waals surface area contributed by atoms with E-state index in [1.165, 1.54) is 11.8 Å². The summed E-state index contributed by atoms with van der Waals surface area (Å²) in [7, 11) is 3.71. The Morgan fingerprint density at radius 3 is 2.62 bits per heavy atom. The van der Waals surface area contributed by atoms with Crippen LogP contribution >= 0.6 is 11.8 Å². The Morgan fingerprint density at radius 2 is 1.96 bits per heavy atom. The number of carbonyl (C=O) groups is 1. The summed E-state index contributed by atoms with van der Waals surface area (Å²) in [5, 5.41) is 3.63. The quantitative estimate of drug-likeness (QED) is 0.675. The number of benzene rings is 1. The van der Waals surface area contributed by atoms with Crippen LogP contribution in [0.3, 0.4) is 0 Å². The number of hydrogen-bond donors (Lipinski definition) is 1. The second-order valence-electron chi connectivity index (χ2n) is 5.90. The van der Waals surface area contributed by atoms with Crippen LogP contribution < -0.4 is 10.9 Å². The van der Waals surface area contributed by atoms with Crippen LogP contribution in [0.25, 0.3) is 5.69 Å². The molecule has 1 aromatic carbocycles. The SMILES string of the molecule is Cc1c(NC(=O)CCSc2nccn2C)c(=O)n(-c2ccccc2)n1C. The number of para-hydroxylation sites is 1. The van der Waals surface area contributed by atoms with Gasteiger partial charge in [-0.3, -0.25) is 14.3 Å². The van der Waals surface area contributed by atoms with Gasteiger partial charge in [-0.25, -0.2) is 9.67 Å². The van der Waals surface area contributed by atoms with Crippen molar-refractivity contribution in [2.24, 2.45) is 14.1 Å². The van der Waals surface area contributed by atoms with E-state index in [2.05, 4.69) is 10.3 Å². The molecule has 0 bridgehead atoms. The van der Waals surface area contributed by atoms with Crippen molar-refractivity contribution >= 4 is 23.4 Å². The Hall–Kier alpha value is -2.74. The average Bonchev–Trinajstić information content (AvgIpc) is 3.12. The third kappa shape index (κ3) is 3.60. The first kappa shape index (κ1) is 18.1. The van der Waals surface area contributed by atoms with Crippen molar-refractivity contribution in [1.29, 1.82) is 0 Å². The predicted octanol–water partition coefficient (Wildman–Crippen LogP) is 2.34. The first-order chi connectivity index (χ1) is 12.5. The van der Waals surface area contributed by atoms with Crippen LogP contribution in [-0.2, 0) is 18.9 Å². The van der Waals surface area contributed by atoms with E-state index in [0.717, 1.165) is 10.8 Å². The zero-order valence-electron chi connectivity index (χ0n) is 15.0. The molecule has 0 atom stereocenters. The van der Waals surface area contributed by atoms with Gasteiger partial charge in [-0.1, -0.05) is 30.0 Å².